The van der Waals surface area contributed by atoms with Crippen LogP contribution in [-0.2, 0) is 13.1 Å². The fraction of sp³-hybridized carbons (Fsp3) is 0.368. The van der Waals surface area contributed by atoms with Crippen LogP contribution in [0, 0.1) is 0 Å². The number of hydrogen-bond donors (Lipinski definition) is 1. The van der Waals surface area contributed by atoms with Gasteiger partial charge in [-0.05, 0) is 59.1 Å². The molecule has 0 radical (unpaired) electrons. The predicted octanol–water partition coefficient (Wildman–Crippen LogP) is 3.76. The lowest BCUT2D eigenvalue weighted by molar-refractivity contribution is 0.0950. The van der Waals surface area contributed by atoms with Crippen molar-refractivity contribution in [2.75, 3.05) is 13.1 Å². The minimum absolute atomic E-state index is 0.100. The lowest BCUT2D eigenvalue weighted by atomic mass is 10.0. The summed E-state index contributed by atoms with van der Waals surface area (Å²) in [4.78, 5) is 18.8. The maximum atomic E-state index is 12.3. The fourth-order valence-electron chi connectivity index (χ4n) is 3.06. The second-order valence-corrected chi connectivity index (χ2v) is 7.10. The Morgan fingerprint density at radius 3 is 2.62 bits per heavy atom. The molecule has 1 fully saturated rings. The highest BCUT2D eigenvalue weighted by Crippen LogP contribution is 2.16. The molecule has 5 heteroatoms. The molecule has 24 heavy (non-hydrogen) atoms. The monoisotopic (exact) mass is 387 g/mol. The lowest BCUT2D eigenvalue weighted by Crippen LogP contribution is -2.30. The Hall–Kier alpha value is -1.72. The topological polar surface area (TPSA) is 45.2 Å². The van der Waals surface area contributed by atoms with Crippen LogP contribution in [0.25, 0.3) is 0 Å². The van der Waals surface area contributed by atoms with E-state index in [2.05, 4.69) is 49.3 Å². The number of nitrogens with one attached hydrogen (secondary N) is 1. The van der Waals surface area contributed by atoms with Crippen LogP contribution in [0.2, 0.25) is 0 Å². The lowest BCUT2D eigenvalue weighted by Gasteiger charge is -2.27. The number of carbonyl (C=O) groups excluding carboxylic acids is 1. The van der Waals surface area contributed by atoms with E-state index in [0.717, 1.165) is 11.0 Å². The second-order valence-electron chi connectivity index (χ2n) is 6.18. The van der Waals surface area contributed by atoms with Gasteiger partial charge >= 0.3 is 0 Å². The van der Waals surface area contributed by atoms with Gasteiger partial charge in [-0.1, -0.05) is 30.7 Å². The van der Waals surface area contributed by atoms with Gasteiger partial charge in [-0.25, -0.2) is 0 Å². The first-order valence-corrected chi connectivity index (χ1v) is 9.19. The number of benzene rings is 1. The number of pyridine rings is 1. The number of amides is 1. The first-order chi connectivity index (χ1) is 11.7. The zero-order chi connectivity index (χ0) is 16.8. The van der Waals surface area contributed by atoms with Crippen molar-refractivity contribution >= 4 is 21.8 Å². The highest BCUT2D eigenvalue weighted by Gasteiger charge is 2.13. The average molecular weight is 388 g/mol. The second kappa shape index (κ2) is 8.40. The summed E-state index contributed by atoms with van der Waals surface area (Å²) in [5.74, 6) is -0.100. The van der Waals surface area contributed by atoms with E-state index in [1.54, 1.807) is 18.5 Å². The van der Waals surface area contributed by atoms with Gasteiger partial charge in [0.05, 0.1) is 5.56 Å². The number of piperidine rings is 1. The number of aromatic nitrogens is 1. The molecule has 1 N–H and O–H groups in total. The Labute approximate surface area is 151 Å². The highest BCUT2D eigenvalue weighted by molar-refractivity contribution is 9.10. The minimum Gasteiger partial charge on any atom is -0.348 e. The van der Waals surface area contributed by atoms with Crippen LogP contribution in [-0.4, -0.2) is 28.9 Å². The number of nitrogens with zero attached hydrogens (tertiary/aromatic N) is 2. The van der Waals surface area contributed by atoms with Crippen molar-refractivity contribution in [3.05, 3.63) is 63.9 Å². The molecule has 0 aliphatic carbocycles. The number of carbonyl (C=O) groups is 1. The molecule has 1 saturated heterocycles. The maximum absolute atomic E-state index is 12.3. The van der Waals surface area contributed by atoms with E-state index < -0.39 is 0 Å². The zero-order valence-corrected chi connectivity index (χ0v) is 15.3. The molecule has 2 heterocycles. The van der Waals surface area contributed by atoms with Crippen LogP contribution in [0.1, 0.15) is 40.7 Å². The van der Waals surface area contributed by atoms with Crippen LogP contribution >= 0.6 is 15.9 Å². The Bertz CT molecular complexity index is 699. The molecule has 1 aromatic carbocycles. The van der Waals surface area contributed by atoms with Crippen LogP contribution in [0.3, 0.4) is 0 Å². The van der Waals surface area contributed by atoms with Gasteiger partial charge < -0.3 is 5.32 Å². The third kappa shape index (κ3) is 4.65. The van der Waals surface area contributed by atoms with E-state index >= 15 is 0 Å². The molecule has 4 nitrogen and oxygen atoms in total. The molecule has 126 valence electrons. The molecule has 1 amide bonds. The Morgan fingerprint density at radius 2 is 1.88 bits per heavy atom. The SMILES string of the molecule is O=C(NCc1ccccc1CN1CCCCC1)c1cncc(Br)c1. The Morgan fingerprint density at radius 1 is 1.12 bits per heavy atom. The summed E-state index contributed by atoms with van der Waals surface area (Å²) in [6.45, 7) is 3.84. The molecule has 0 saturated carbocycles. The van der Waals surface area contributed by atoms with Crippen LogP contribution in [0.5, 0.6) is 0 Å². The van der Waals surface area contributed by atoms with Gasteiger partial charge in [0.15, 0.2) is 0 Å². The molecular formula is C19H22BrN3O. The molecule has 0 unspecified atom stereocenters. The molecule has 0 atom stereocenters. The molecule has 0 spiro atoms. The van der Waals surface area contributed by atoms with E-state index in [0.29, 0.717) is 12.1 Å². The standard InChI is InChI=1S/C19H22BrN3O/c20-18-10-17(11-21-13-18)19(24)22-12-15-6-2-3-7-16(15)14-23-8-4-1-5-9-23/h2-3,6-7,10-11,13H,1,4-5,8-9,12,14H2,(H,22,24). The van der Waals surface area contributed by atoms with E-state index in [1.165, 1.54) is 43.5 Å². The molecule has 0 bridgehead atoms. The zero-order valence-electron chi connectivity index (χ0n) is 13.7. The molecule has 1 aromatic heterocycles. The van der Waals surface area contributed by atoms with Gasteiger partial charge in [-0.3, -0.25) is 14.7 Å². The summed E-state index contributed by atoms with van der Waals surface area (Å²) in [7, 11) is 0. The van der Waals surface area contributed by atoms with Gasteiger partial charge in [-0.2, -0.15) is 0 Å². The van der Waals surface area contributed by atoms with Crippen LogP contribution in [0.15, 0.2) is 47.2 Å². The summed E-state index contributed by atoms with van der Waals surface area (Å²) < 4.78 is 0.806. The predicted molar refractivity (Wildman–Crippen MR) is 98.7 cm³/mol. The summed E-state index contributed by atoms with van der Waals surface area (Å²) in [6, 6.07) is 10.1. The van der Waals surface area contributed by atoms with E-state index in [-0.39, 0.29) is 5.91 Å². The summed E-state index contributed by atoms with van der Waals surface area (Å²) in [6.07, 6.45) is 7.17. The first kappa shape index (κ1) is 17.1. The highest BCUT2D eigenvalue weighted by atomic mass is 79.9. The maximum Gasteiger partial charge on any atom is 0.253 e. The van der Waals surface area contributed by atoms with Gasteiger partial charge in [0, 0.05) is 30.0 Å². The van der Waals surface area contributed by atoms with Gasteiger partial charge in [0.2, 0.25) is 0 Å². The van der Waals surface area contributed by atoms with E-state index in [1.807, 2.05) is 6.07 Å². The number of hydrogen-bond acceptors (Lipinski definition) is 3. The summed E-state index contributed by atoms with van der Waals surface area (Å²) >= 11 is 3.35. The van der Waals surface area contributed by atoms with Crippen molar-refractivity contribution < 1.29 is 4.79 Å². The van der Waals surface area contributed by atoms with Crippen molar-refractivity contribution in [1.82, 2.24) is 15.2 Å². The van der Waals surface area contributed by atoms with Crippen molar-refractivity contribution in [1.29, 1.82) is 0 Å². The summed E-state index contributed by atoms with van der Waals surface area (Å²) in [5, 5.41) is 3.00. The third-order valence-corrected chi connectivity index (χ3v) is 4.80. The Kier molecular flexibility index (Phi) is 5.99. The smallest absolute Gasteiger partial charge is 0.253 e. The van der Waals surface area contributed by atoms with Crippen molar-refractivity contribution in [3.63, 3.8) is 0 Å². The molecular weight excluding hydrogens is 366 g/mol. The molecule has 1 aliphatic rings. The summed E-state index contributed by atoms with van der Waals surface area (Å²) in [5.41, 5.74) is 3.05. The quantitative estimate of drug-likeness (QED) is 0.849. The van der Waals surface area contributed by atoms with Gasteiger partial charge in [0.25, 0.3) is 5.91 Å². The van der Waals surface area contributed by atoms with Crippen LogP contribution in [0.4, 0.5) is 0 Å². The number of rotatable bonds is 5. The van der Waals surface area contributed by atoms with E-state index in [4.69, 9.17) is 0 Å². The normalized spacial score (nSPS) is 15.2. The molecule has 3 rings (SSSR count). The van der Waals surface area contributed by atoms with Crippen molar-refractivity contribution in [2.45, 2.75) is 32.4 Å². The van der Waals surface area contributed by atoms with Gasteiger partial charge in [-0.15, -0.1) is 0 Å². The van der Waals surface area contributed by atoms with Crippen LogP contribution < -0.4 is 5.32 Å². The average Bonchev–Trinajstić information content (AvgIpc) is 2.61. The molecule has 1 aliphatic heterocycles. The molecule has 2 aromatic rings. The van der Waals surface area contributed by atoms with Crippen molar-refractivity contribution in [3.8, 4) is 0 Å². The first-order valence-electron chi connectivity index (χ1n) is 8.40. The van der Waals surface area contributed by atoms with Crippen molar-refractivity contribution in [2.24, 2.45) is 0 Å². The third-order valence-electron chi connectivity index (χ3n) is 4.37. The minimum atomic E-state index is -0.100. The fourth-order valence-corrected chi connectivity index (χ4v) is 3.42. The van der Waals surface area contributed by atoms with E-state index in [9.17, 15) is 4.79 Å². The number of halogens is 1. The Balaban J connectivity index is 1.63. The largest absolute Gasteiger partial charge is 0.348 e. The number of likely N-dealkylation sites (tertiary alicyclic amines) is 1. The van der Waals surface area contributed by atoms with Gasteiger partial charge in [0.1, 0.15) is 0 Å².